The molecule has 3 rings (SSSR count). The molecule has 0 saturated carbocycles. The molecular formula is C20H15F3N2O3S. The third kappa shape index (κ3) is 5.41. The summed E-state index contributed by atoms with van der Waals surface area (Å²) in [6.07, 6.45) is -2.87. The summed E-state index contributed by atoms with van der Waals surface area (Å²) in [6.45, 7) is 0.119. The molecule has 0 aliphatic rings. The smallest absolute Gasteiger partial charge is 0.416 e. The number of esters is 1. The summed E-state index contributed by atoms with van der Waals surface area (Å²) in [6, 6.07) is 11.5. The lowest BCUT2D eigenvalue weighted by Gasteiger charge is -2.06. The van der Waals surface area contributed by atoms with Crippen LogP contribution >= 0.6 is 11.3 Å². The molecule has 0 amide bonds. The van der Waals surface area contributed by atoms with Crippen LogP contribution in [0.15, 0.2) is 59.1 Å². The van der Waals surface area contributed by atoms with E-state index in [2.05, 4.69) is 14.9 Å². The molecule has 0 fully saturated rings. The highest BCUT2D eigenvalue weighted by Crippen LogP contribution is 2.31. The number of hydrogen-bond acceptors (Lipinski definition) is 6. The van der Waals surface area contributed by atoms with E-state index in [1.54, 1.807) is 29.6 Å². The number of carbonyl (C=O) groups excluding carboxylic acids is 1. The summed E-state index contributed by atoms with van der Waals surface area (Å²) < 4.78 is 42.5. The van der Waals surface area contributed by atoms with Crippen molar-refractivity contribution in [3.63, 3.8) is 0 Å². The molecule has 0 unspecified atom stereocenters. The molecule has 29 heavy (non-hydrogen) atoms. The second-order valence-corrected chi connectivity index (χ2v) is 6.70. The minimum absolute atomic E-state index is 0.119. The third-order valence-corrected chi connectivity index (χ3v) is 4.77. The van der Waals surface area contributed by atoms with E-state index in [1.165, 1.54) is 36.8 Å². The van der Waals surface area contributed by atoms with Crippen LogP contribution in [0.5, 0.6) is 0 Å². The summed E-state index contributed by atoms with van der Waals surface area (Å²) in [4.78, 5) is 20.9. The lowest BCUT2D eigenvalue weighted by Crippen LogP contribution is -2.03. The topological polar surface area (TPSA) is 60.8 Å². The van der Waals surface area contributed by atoms with Crippen LogP contribution < -0.4 is 0 Å². The van der Waals surface area contributed by atoms with E-state index in [4.69, 9.17) is 4.84 Å². The quantitative estimate of drug-likeness (QED) is 0.314. The molecule has 5 nitrogen and oxygen atoms in total. The predicted octanol–water partition coefficient (Wildman–Crippen LogP) is 5.17. The number of carbonyl (C=O) groups is 1. The number of halogens is 3. The molecule has 0 spiro atoms. The van der Waals surface area contributed by atoms with Crippen LogP contribution in [-0.4, -0.2) is 24.3 Å². The average Bonchev–Trinajstić information content (AvgIpc) is 3.19. The maximum atomic E-state index is 12.6. The van der Waals surface area contributed by atoms with Gasteiger partial charge in [0.05, 0.1) is 30.1 Å². The number of rotatable bonds is 6. The molecule has 0 aliphatic carbocycles. The molecule has 0 bridgehead atoms. The van der Waals surface area contributed by atoms with Gasteiger partial charge in [0.1, 0.15) is 5.01 Å². The van der Waals surface area contributed by atoms with E-state index in [1.807, 2.05) is 0 Å². The van der Waals surface area contributed by atoms with Crippen molar-refractivity contribution in [2.24, 2.45) is 5.16 Å². The monoisotopic (exact) mass is 420 g/mol. The average molecular weight is 420 g/mol. The molecular weight excluding hydrogens is 405 g/mol. The number of aromatic nitrogens is 1. The second kappa shape index (κ2) is 8.87. The van der Waals surface area contributed by atoms with Gasteiger partial charge >= 0.3 is 12.1 Å². The summed E-state index contributed by atoms with van der Waals surface area (Å²) in [5.41, 5.74) is 1.69. The minimum atomic E-state index is -4.36. The molecule has 1 heterocycles. The van der Waals surface area contributed by atoms with Crippen LogP contribution in [0.1, 0.15) is 27.2 Å². The van der Waals surface area contributed by atoms with Crippen LogP contribution in [0.4, 0.5) is 13.2 Å². The fraction of sp³-hybridized carbons (Fsp3) is 0.150. The van der Waals surface area contributed by atoms with Crippen molar-refractivity contribution >= 4 is 23.5 Å². The van der Waals surface area contributed by atoms with E-state index in [0.29, 0.717) is 21.8 Å². The van der Waals surface area contributed by atoms with Crippen molar-refractivity contribution in [3.05, 3.63) is 76.3 Å². The lowest BCUT2D eigenvalue weighted by molar-refractivity contribution is -0.137. The zero-order valence-electron chi connectivity index (χ0n) is 15.1. The third-order valence-electron chi connectivity index (χ3n) is 3.83. The molecule has 0 saturated heterocycles. The zero-order chi connectivity index (χ0) is 20.9. The first-order chi connectivity index (χ1) is 13.9. The molecule has 150 valence electrons. The largest absolute Gasteiger partial charge is 0.465 e. The first-order valence-corrected chi connectivity index (χ1v) is 9.20. The van der Waals surface area contributed by atoms with Gasteiger partial charge in [-0.05, 0) is 29.8 Å². The summed E-state index contributed by atoms with van der Waals surface area (Å²) >= 11 is 1.31. The van der Waals surface area contributed by atoms with Gasteiger partial charge in [0.15, 0.2) is 6.61 Å². The molecule has 0 aliphatic heterocycles. The predicted molar refractivity (Wildman–Crippen MR) is 103 cm³/mol. The Morgan fingerprint density at radius 3 is 2.45 bits per heavy atom. The summed E-state index contributed by atoms with van der Waals surface area (Å²) in [7, 11) is 1.31. The Kier molecular flexibility index (Phi) is 6.28. The van der Waals surface area contributed by atoms with Gasteiger partial charge in [0.25, 0.3) is 0 Å². The zero-order valence-corrected chi connectivity index (χ0v) is 16.0. The van der Waals surface area contributed by atoms with Gasteiger partial charge < -0.3 is 9.57 Å². The fourth-order valence-electron chi connectivity index (χ4n) is 2.33. The molecule has 3 aromatic rings. The van der Waals surface area contributed by atoms with Crippen molar-refractivity contribution in [2.75, 3.05) is 7.11 Å². The van der Waals surface area contributed by atoms with Gasteiger partial charge in [0, 0.05) is 10.9 Å². The van der Waals surface area contributed by atoms with E-state index >= 15 is 0 Å². The number of methoxy groups -OCH3 is 1. The van der Waals surface area contributed by atoms with E-state index in [0.717, 1.165) is 17.7 Å². The highest BCUT2D eigenvalue weighted by atomic mass is 32.1. The summed E-state index contributed by atoms with van der Waals surface area (Å²) in [5, 5.41) is 6.21. The second-order valence-electron chi connectivity index (χ2n) is 5.84. The van der Waals surface area contributed by atoms with Crippen LogP contribution in [0.3, 0.4) is 0 Å². The Morgan fingerprint density at radius 1 is 1.14 bits per heavy atom. The van der Waals surface area contributed by atoms with E-state index in [9.17, 15) is 18.0 Å². The minimum Gasteiger partial charge on any atom is -0.465 e. The Morgan fingerprint density at radius 2 is 1.83 bits per heavy atom. The van der Waals surface area contributed by atoms with Crippen molar-refractivity contribution < 1.29 is 27.5 Å². The van der Waals surface area contributed by atoms with Gasteiger partial charge in [-0.3, -0.25) is 0 Å². The number of oxime groups is 1. The van der Waals surface area contributed by atoms with Gasteiger partial charge in [-0.25, -0.2) is 9.78 Å². The van der Waals surface area contributed by atoms with Gasteiger partial charge in [-0.2, -0.15) is 13.2 Å². The standard InChI is InChI=1S/C20H15F3N2O3S/c1-27-19(26)15-4-2-13(3-5-15)10-24-28-11-17-12-29-18(25-17)14-6-8-16(9-7-14)20(21,22)23/h2-10,12H,11H2,1H3/b24-10+. The van der Waals surface area contributed by atoms with Crippen molar-refractivity contribution in [1.29, 1.82) is 0 Å². The fourth-order valence-corrected chi connectivity index (χ4v) is 3.14. The van der Waals surface area contributed by atoms with Crippen molar-refractivity contribution in [2.45, 2.75) is 12.8 Å². The van der Waals surface area contributed by atoms with Gasteiger partial charge in [-0.1, -0.05) is 29.4 Å². The number of hydrogen-bond donors (Lipinski definition) is 0. The number of alkyl halides is 3. The van der Waals surface area contributed by atoms with E-state index < -0.39 is 17.7 Å². The number of thiazole rings is 1. The van der Waals surface area contributed by atoms with Crippen LogP contribution in [0.25, 0.3) is 10.6 Å². The molecule has 0 atom stereocenters. The van der Waals surface area contributed by atoms with Gasteiger partial charge in [-0.15, -0.1) is 11.3 Å². The number of nitrogens with zero attached hydrogens (tertiary/aromatic N) is 2. The molecule has 1 aromatic heterocycles. The maximum absolute atomic E-state index is 12.6. The van der Waals surface area contributed by atoms with Gasteiger partial charge in [0.2, 0.25) is 0 Å². The maximum Gasteiger partial charge on any atom is 0.416 e. The first kappa shape index (κ1) is 20.5. The molecule has 9 heteroatoms. The Hall–Kier alpha value is -3.20. The molecule has 0 radical (unpaired) electrons. The van der Waals surface area contributed by atoms with E-state index in [-0.39, 0.29) is 6.61 Å². The number of ether oxygens (including phenoxy) is 1. The number of benzene rings is 2. The SMILES string of the molecule is COC(=O)c1ccc(/C=N/OCc2csc(-c3ccc(C(F)(F)F)cc3)n2)cc1. The highest BCUT2D eigenvalue weighted by molar-refractivity contribution is 7.13. The van der Waals surface area contributed by atoms with Crippen molar-refractivity contribution in [1.82, 2.24) is 4.98 Å². The Bertz CT molecular complexity index is 997. The summed E-state index contributed by atoms with van der Waals surface area (Å²) in [5.74, 6) is -0.419. The molecule has 2 aromatic carbocycles. The Balaban J connectivity index is 1.55. The normalized spacial score (nSPS) is 11.6. The first-order valence-electron chi connectivity index (χ1n) is 8.32. The van der Waals surface area contributed by atoms with Crippen LogP contribution in [0.2, 0.25) is 0 Å². The Labute approximate surface area is 168 Å². The molecule has 0 N–H and O–H groups in total. The van der Waals surface area contributed by atoms with Crippen LogP contribution in [0, 0.1) is 0 Å². The lowest BCUT2D eigenvalue weighted by atomic mass is 10.1. The van der Waals surface area contributed by atoms with Crippen LogP contribution in [-0.2, 0) is 22.4 Å². The van der Waals surface area contributed by atoms with Crippen molar-refractivity contribution in [3.8, 4) is 10.6 Å². The highest BCUT2D eigenvalue weighted by Gasteiger charge is 2.30.